The van der Waals surface area contributed by atoms with E-state index in [4.69, 9.17) is 0 Å². The summed E-state index contributed by atoms with van der Waals surface area (Å²) >= 11 is 1.48. The minimum absolute atomic E-state index is 0.211. The first-order valence-corrected chi connectivity index (χ1v) is 7.98. The van der Waals surface area contributed by atoms with E-state index in [0.717, 1.165) is 34.4 Å². The molecule has 0 saturated carbocycles. The maximum absolute atomic E-state index is 12.4. The summed E-state index contributed by atoms with van der Waals surface area (Å²) < 4.78 is 1.07. The van der Waals surface area contributed by atoms with Crippen molar-refractivity contribution in [3.05, 3.63) is 40.7 Å². The minimum atomic E-state index is -0.211. The van der Waals surface area contributed by atoms with Crippen molar-refractivity contribution in [1.82, 2.24) is 20.5 Å². The van der Waals surface area contributed by atoms with E-state index in [0.29, 0.717) is 17.4 Å². The van der Waals surface area contributed by atoms with Crippen molar-refractivity contribution in [2.45, 2.75) is 19.9 Å². The van der Waals surface area contributed by atoms with E-state index in [9.17, 15) is 4.79 Å². The molecule has 3 N–H and O–H groups in total. The fourth-order valence-electron chi connectivity index (χ4n) is 2.65. The molecule has 3 aromatic rings. The largest absolute Gasteiger partial charge is 0.312 e. The number of anilines is 1. The Kier molecular flexibility index (Phi) is 3.16. The molecule has 1 aliphatic heterocycles. The Morgan fingerprint density at radius 2 is 2.32 bits per heavy atom. The second kappa shape index (κ2) is 5.19. The van der Waals surface area contributed by atoms with Gasteiger partial charge in [0.1, 0.15) is 0 Å². The van der Waals surface area contributed by atoms with Crippen LogP contribution in [0.25, 0.3) is 10.2 Å². The van der Waals surface area contributed by atoms with Crippen molar-refractivity contribution in [2.75, 3.05) is 11.9 Å². The number of carbonyl (C=O) groups excluding carboxylic acids is 1. The SMILES string of the molecule is Cc1ccc2nc(NC(=O)c3n[nH]c4c3CNCC4)sc2c1. The van der Waals surface area contributed by atoms with Crippen LogP contribution in [0, 0.1) is 6.92 Å². The molecule has 3 heterocycles. The highest BCUT2D eigenvalue weighted by Gasteiger charge is 2.22. The van der Waals surface area contributed by atoms with Gasteiger partial charge in [-0.25, -0.2) is 4.98 Å². The molecule has 0 aliphatic carbocycles. The van der Waals surface area contributed by atoms with E-state index >= 15 is 0 Å². The smallest absolute Gasteiger partial charge is 0.278 e. The quantitative estimate of drug-likeness (QED) is 0.677. The number of rotatable bonds is 2. The number of amides is 1. The number of nitrogens with zero attached hydrogens (tertiary/aromatic N) is 2. The number of carbonyl (C=O) groups is 1. The molecule has 0 bridgehead atoms. The van der Waals surface area contributed by atoms with Crippen LogP contribution in [0.15, 0.2) is 18.2 Å². The highest BCUT2D eigenvalue weighted by Crippen LogP contribution is 2.27. The first kappa shape index (κ1) is 13.4. The lowest BCUT2D eigenvalue weighted by Crippen LogP contribution is -2.25. The van der Waals surface area contributed by atoms with Crippen LogP contribution in [0.4, 0.5) is 5.13 Å². The highest BCUT2D eigenvalue weighted by molar-refractivity contribution is 7.22. The van der Waals surface area contributed by atoms with Crippen LogP contribution in [0.5, 0.6) is 0 Å². The fourth-order valence-corrected chi connectivity index (χ4v) is 3.61. The molecule has 1 aromatic carbocycles. The van der Waals surface area contributed by atoms with Crippen LogP contribution in [-0.4, -0.2) is 27.6 Å². The standard InChI is InChI=1S/C15H15N5OS/c1-8-2-3-11-12(6-8)22-15(17-11)18-14(21)13-9-7-16-5-4-10(9)19-20-13/h2-3,6,16H,4-5,7H2,1H3,(H,19,20)(H,17,18,21). The van der Waals surface area contributed by atoms with Gasteiger partial charge in [-0.2, -0.15) is 5.10 Å². The van der Waals surface area contributed by atoms with Gasteiger partial charge in [0.15, 0.2) is 10.8 Å². The molecule has 0 radical (unpaired) electrons. The predicted octanol–water partition coefficient (Wildman–Crippen LogP) is 2.23. The summed E-state index contributed by atoms with van der Waals surface area (Å²) in [4.78, 5) is 16.9. The zero-order valence-electron chi connectivity index (χ0n) is 12.1. The summed E-state index contributed by atoms with van der Waals surface area (Å²) in [6, 6.07) is 6.06. The molecule has 112 valence electrons. The molecule has 0 unspecified atom stereocenters. The third-order valence-corrected chi connectivity index (χ3v) is 4.72. The number of fused-ring (bicyclic) bond motifs is 2. The maximum Gasteiger partial charge on any atom is 0.278 e. The molecule has 1 aliphatic rings. The van der Waals surface area contributed by atoms with Gasteiger partial charge in [0.2, 0.25) is 0 Å². The minimum Gasteiger partial charge on any atom is -0.312 e. The first-order valence-electron chi connectivity index (χ1n) is 7.16. The van der Waals surface area contributed by atoms with Crippen LogP contribution in [0.2, 0.25) is 0 Å². The van der Waals surface area contributed by atoms with Crippen LogP contribution in [0.1, 0.15) is 27.3 Å². The van der Waals surface area contributed by atoms with Gasteiger partial charge in [0, 0.05) is 30.8 Å². The zero-order valence-corrected chi connectivity index (χ0v) is 12.9. The molecule has 4 rings (SSSR count). The zero-order chi connectivity index (χ0) is 15.1. The number of H-pyrrole nitrogens is 1. The van der Waals surface area contributed by atoms with E-state index in [1.54, 1.807) is 0 Å². The van der Waals surface area contributed by atoms with E-state index in [1.807, 2.05) is 19.1 Å². The topological polar surface area (TPSA) is 82.7 Å². The molecular formula is C15H15N5OS. The molecule has 0 saturated heterocycles. The molecule has 22 heavy (non-hydrogen) atoms. The van der Waals surface area contributed by atoms with Gasteiger partial charge in [-0.05, 0) is 24.6 Å². The number of aryl methyl sites for hydroxylation is 1. The molecule has 0 fully saturated rings. The number of nitrogens with one attached hydrogen (secondary N) is 3. The third kappa shape index (κ3) is 2.28. The summed E-state index contributed by atoms with van der Waals surface area (Å²) in [6.07, 6.45) is 0.871. The molecule has 1 amide bonds. The van der Waals surface area contributed by atoms with Crippen molar-refractivity contribution >= 4 is 32.6 Å². The second-order valence-electron chi connectivity index (χ2n) is 5.40. The molecule has 7 heteroatoms. The summed E-state index contributed by atoms with van der Waals surface area (Å²) in [6.45, 7) is 3.63. The summed E-state index contributed by atoms with van der Waals surface area (Å²) in [5.74, 6) is -0.211. The van der Waals surface area contributed by atoms with Crippen LogP contribution >= 0.6 is 11.3 Å². The Labute approximate surface area is 131 Å². The monoisotopic (exact) mass is 313 g/mol. The lowest BCUT2D eigenvalue weighted by atomic mass is 10.1. The van der Waals surface area contributed by atoms with Gasteiger partial charge in [0.25, 0.3) is 5.91 Å². The molecular weight excluding hydrogens is 298 g/mol. The van der Waals surface area contributed by atoms with Crippen LogP contribution < -0.4 is 10.6 Å². The number of hydrogen-bond donors (Lipinski definition) is 3. The van der Waals surface area contributed by atoms with Gasteiger partial charge in [-0.3, -0.25) is 15.2 Å². The Morgan fingerprint density at radius 1 is 1.41 bits per heavy atom. The van der Waals surface area contributed by atoms with E-state index in [1.165, 1.54) is 16.9 Å². The Hall–Kier alpha value is -2.25. The summed E-state index contributed by atoms with van der Waals surface area (Å²) in [5.41, 5.74) is 4.54. The Morgan fingerprint density at radius 3 is 3.23 bits per heavy atom. The molecule has 0 atom stereocenters. The predicted molar refractivity (Wildman–Crippen MR) is 86.3 cm³/mol. The summed E-state index contributed by atoms with van der Waals surface area (Å²) in [7, 11) is 0. The number of benzene rings is 1. The van der Waals surface area contributed by atoms with E-state index < -0.39 is 0 Å². The highest BCUT2D eigenvalue weighted by atomic mass is 32.1. The molecule has 6 nitrogen and oxygen atoms in total. The van der Waals surface area contributed by atoms with Crippen molar-refractivity contribution in [1.29, 1.82) is 0 Å². The molecule has 0 spiro atoms. The summed E-state index contributed by atoms with van der Waals surface area (Å²) in [5, 5.41) is 13.8. The second-order valence-corrected chi connectivity index (χ2v) is 6.43. The van der Waals surface area contributed by atoms with Gasteiger partial charge < -0.3 is 5.32 Å². The third-order valence-electron chi connectivity index (χ3n) is 3.79. The average molecular weight is 313 g/mol. The van der Waals surface area contributed by atoms with Crippen molar-refractivity contribution < 1.29 is 4.79 Å². The molecule has 2 aromatic heterocycles. The van der Waals surface area contributed by atoms with E-state index in [-0.39, 0.29) is 5.91 Å². The fraction of sp³-hybridized carbons (Fsp3) is 0.267. The number of thiazole rings is 1. The maximum atomic E-state index is 12.4. The average Bonchev–Trinajstić information content (AvgIpc) is 3.09. The van der Waals surface area contributed by atoms with Gasteiger partial charge in [0.05, 0.1) is 10.2 Å². The van der Waals surface area contributed by atoms with Crippen LogP contribution in [0.3, 0.4) is 0 Å². The van der Waals surface area contributed by atoms with Crippen LogP contribution in [-0.2, 0) is 13.0 Å². The van der Waals surface area contributed by atoms with Crippen molar-refractivity contribution in [3.8, 4) is 0 Å². The van der Waals surface area contributed by atoms with Gasteiger partial charge >= 0.3 is 0 Å². The Bertz CT molecular complexity index is 866. The lowest BCUT2D eigenvalue weighted by molar-refractivity contribution is 0.102. The van der Waals surface area contributed by atoms with Gasteiger partial charge in [-0.15, -0.1) is 0 Å². The first-order chi connectivity index (χ1) is 10.7. The van der Waals surface area contributed by atoms with Crippen molar-refractivity contribution in [3.63, 3.8) is 0 Å². The number of aromatic nitrogens is 3. The number of hydrogen-bond acceptors (Lipinski definition) is 5. The lowest BCUT2D eigenvalue weighted by Gasteiger charge is -2.12. The normalized spacial score (nSPS) is 14.0. The van der Waals surface area contributed by atoms with E-state index in [2.05, 4.69) is 31.9 Å². The number of aromatic amines is 1. The van der Waals surface area contributed by atoms with Crippen molar-refractivity contribution in [2.24, 2.45) is 0 Å². The van der Waals surface area contributed by atoms with Gasteiger partial charge in [-0.1, -0.05) is 17.4 Å². The Balaban J connectivity index is 1.61.